The van der Waals surface area contributed by atoms with Crippen molar-refractivity contribution in [3.05, 3.63) is 41.8 Å². The van der Waals surface area contributed by atoms with Gasteiger partial charge < -0.3 is 21.1 Å². The molecule has 2 fully saturated rings. The van der Waals surface area contributed by atoms with Gasteiger partial charge in [0, 0.05) is 18.4 Å². The fourth-order valence-electron chi connectivity index (χ4n) is 4.25. The van der Waals surface area contributed by atoms with E-state index in [9.17, 15) is 24.3 Å². The number of nitriles is 1. The zero-order valence-electron chi connectivity index (χ0n) is 16.7. The Kier molecular flexibility index (Phi) is 5.50. The van der Waals surface area contributed by atoms with Crippen molar-refractivity contribution in [1.29, 1.82) is 5.26 Å². The van der Waals surface area contributed by atoms with Crippen LogP contribution in [0.4, 0.5) is 20.7 Å². The monoisotopic (exact) mass is 426 g/mol. The number of benzene rings is 1. The van der Waals surface area contributed by atoms with Crippen LogP contribution < -0.4 is 11.1 Å². The summed E-state index contributed by atoms with van der Waals surface area (Å²) in [6.07, 6.45) is 3.60. The number of carbonyl (C=O) groups excluding carboxylic acids is 1. The van der Waals surface area contributed by atoms with Gasteiger partial charge in [-0.25, -0.2) is 9.18 Å². The summed E-state index contributed by atoms with van der Waals surface area (Å²) in [4.78, 5) is 25.1. The predicted octanol–water partition coefficient (Wildman–Crippen LogP) is 3.10. The van der Waals surface area contributed by atoms with Gasteiger partial charge in [0.05, 0.1) is 24.1 Å². The van der Waals surface area contributed by atoms with Crippen LogP contribution >= 0.6 is 0 Å². The lowest BCUT2D eigenvalue weighted by Crippen LogP contribution is -2.51. The molecule has 2 aliphatic rings. The molecule has 4 rings (SSSR count). The van der Waals surface area contributed by atoms with Crippen LogP contribution in [0.25, 0.3) is 0 Å². The van der Waals surface area contributed by atoms with Crippen molar-refractivity contribution >= 4 is 23.5 Å². The number of nitrogens with two attached hydrogens (primary N) is 1. The molecule has 0 radical (unpaired) electrons. The summed E-state index contributed by atoms with van der Waals surface area (Å²) in [5.74, 6) is -1.05. The average Bonchev–Trinajstić information content (AvgIpc) is 3.45. The molecule has 1 saturated carbocycles. The van der Waals surface area contributed by atoms with Crippen molar-refractivity contribution in [2.45, 2.75) is 37.8 Å². The molecule has 3 atom stereocenters. The molecule has 0 bridgehead atoms. The maximum atomic E-state index is 13.2. The first-order chi connectivity index (χ1) is 14.9. The maximum absolute atomic E-state index is 13.2. The van der Waals surface area contributed by atoms with Crippen LogP contribution in [0.15, 0.2) is 30.5 Å². The lowest BCUT2D eigenvalue weighted by Gasteiger charge is -2.41. The van der Waals surface area contributed by atoms with E-state index in [1.54, 1.807) is 4.68 Å². The molecule has 1 unspecified atom stereocenters. The zero-order valence-corrected chi connectivity index (χ0v) is 16.7. The number of hydrogen-bond donors (Lipinski definition) is 3. The van der Waals surface area contributed by atoms with Gasteiger partial charge in [-0.3, -0.25) is 9.48 Å². The van der Waals surface area contributed by atoms with Gasteiger partial charge in [0.15, 0.2) is 5.82 Å². The second-order valence-corrected chi connectivity index (χ2v) is 8.10. The standard InChI is InChI=1S/C21H23FN6O3/c22-13-3-5-14(6-4-13)25-20-16(19(24)29)11-28(26-20)17-7-8-27(21(30)31)18(15(17)10-23)9-12-1-2-12/h3-6,11-12,15,17-18H,1-2,7-9H2,(H2,24,29)(H,25,26)(H,30,31)/t15-,17+,18?/m1/s1. The molecule has 9 nitrogen and oxygen atoms in total. The molecule has 162 valence electrons. The number of piperidine rings is 1. The molecule has 1 aliphatic carbocycles. The van der Waals surface area contributed by atoms with Gasteiger partial charge in [-0.05, 0) is 43.0 Å². The van der Waals surface area contributed by atoms with Crippen molar-refractivity contribution in [3.63, 3.8) is 0 Å². The Morgan fingerprint density at radius 3 is 2.58 bits per heavy atom. The topological polar surface area (TPSA) is 137 Å². The Bertz CT molecular complexity index is 1030. The zero-order chi connectivity index (χ0) is 22.1. The number of amides is 2. The Balaban J connectivity index is 1.64. The summed E-state index contributed by atoms with van der Waals surface area (Å²) >= 11 is 0. The van der Waals surface area contributed by atoms with E-state index in [0.717, 1.165) is 12.8 Å². The summed E-state index contributed by atoms with van der Waals surface area (Å²) in [7, 11) is 0. The van der Waals surface area contributed by atoms with Gasteiger partial charge in [-0.15, -0.1) is 0 Å². The summed E-state index contributed by atoms with van der Waals surface area (Å²) in [6, 6.07) is 7.04. The van der Waals surface area contributed by atoms with Crippen molar-refractivity contribution in [2.24, 2.45) is 17.6 Å². The van der Waals surface area contributed by atoms with Crippen molar-refractivity contribution in [3.8, 4) is 6.07 Å². The Morgan fingerprint density at radius 1 is 1.29 bits per heavy atom. The van der Waals surface area contributed by atoms with Crippen LogP contribution in [0, 0.1) is 29.0 Å². The largest absolute Gasteiger partial charge is 0.465 e. The minimum atomic E-state index is -1.03. The third kappa shape index (κ3) is 4.30. The number of aromatic nitrogens is 2. The first-order valence-corrected chi connectivity index (χ1v) is 10.2. The predicted molar refractivity (Wildman–Crippen MR) is 109 cm³/mol. The van der Waals surface area contributed by atoms with Gasteiger partial charge in [-0.2, -0.15) is 10.4 Å². The van der Waals surface area contributed by atoms with Gasteiger partial charge >= 0.3 is 6.09 Å². The highest BCUT2D eigenvalue weighted by atomic mass is 19.1. The quantitative estimate of drug-likeness (QED) is 0.649. The highest BCUT2D eigenvalue weighted by Gasteiger charge is 2.44. The number of halogens is 1. The number of nitrogens with zero attached hydrogens (tertiary/aromatic N) is 4. The molecule has 2 aromatic rings. The lowest BCUT2D eigenvalue weighted by atomic mass is 9.83. The third-order valence-corrected chi connectivity index (χ3v) is 6.01. The van der Waals surface area contributed by atoms with E-state index in [2.05, 4.69) is 16.5 Å². The van der Waals surface area contributed by atoms with Crippen molar-refractivity contribution in [1.82, 2.24) is 14.7 Å². The number of anilines is 2. The van der Waals surface area contributed by atoms with Crippen LogP contribution in [-0.2, 0) is 0 Å². The lowest BCUT2D eigenvalue weighted by molar-refractivity contribution is 0.0607. The number of hydrogen-bond acceptors (Lipinski definition) is 5. The van der Waals surface area contributed by atoms with E-state index in [1.807, 2.05) is 0 Å². The van der Waals surface area contributed by atoms with E-state index in [1.165, 1.54) is 35.4 Å². The Hall–Kier alpha value is -3.61. The van der Waals surface area contributed by atoms with Crippen LogP contribution in [0.3, 0.4) is 0 Å². The van der Waals surface area contributed by atoms with Crippen molar-refractivity contribution in [2.75, 3.05) is 11.9 Å². The highest BCUT2D eigenvalue weighted by Crippen LogP contribution is 2.42. The molecular weight excluding hydrogens is 403 g/mol. The second kappa shape index (κ2) is 8.26. The second-order valence-electron chi connectivity index (χ2n) is 8.10. The highest BCUT2D eigenvalue weighted by molar-refractivity contribution is 5.98. The molecule has 31 heavy (non-hydrogen) atoms. The van der Waals surface area contributed by atoms with Crippen LogP contribution in [0.2, 0.25) is 0 Å². The SMILES string of the molecule is N#C[C@H]1C(CC2CC2)N(C(=O)O)CC[C@@H]1n1cc(C(N)=O)c(Nc2ccc(F)cc2)n1. The number of carbonyl (C=O) groups is 2. The number of primary amides is 1. The van der Waals surface area contributed by atoms with Crippen molar-refractivity contribution < 1.29 is 19.1 Å². The fourth-order valence-corrected chi connectivity index (χ4v) is 4.25. The molecule has 2 amide bonds. The van der Waals surface area contributed by atoms with E-state index in [-0.39, 0.29) is 17.9 Å². The molecule has 0 spiro atoms. The first-order valence-electron chi connectivity index (χ1n) is 10.2. The van der Waals surface area contributed by atoms with Crippen LogP contribution in [0.5, 0.6) is 0 Å². The molecule has 4 N–H and O–H groups in total. The molecule has 2 heterocycles. The minimum absolute atomic E-state index is 0.139. The van der Waals surface area contributed by atoms with Gasteiger partial charge in [0.1, 0.15) is 11.4 Å². The third-order valence-electron chi connectivity index (χ3n) is 6.01. The van der Waals surface area contributed by atoms with Gasteiger partial charge in [0.25, 0.3) is 5.91 Å². The summed E-state index contributed by atoms with van der Waals surface area (Å²) < 4.78 is 14.7. The van der Waals surface area contributed by atoms with E-state index < -0.39 is 35.8 Å². The molecule has 1 aromatic carbocycles. The summed E-state index contributed by atoms with van der Waals surface area (Å²) in [5, 5.41) is 27.0. The summed E-state index contributed by atoms with van der Waals surface area (Å²) in [6.45, 7) is 0.280. The van der Waals surface area contributed by atoms with E-state index in [0.29, 0.717) is 24.4 Å². The molecule has 10 heteroatoms. The molecular formula is C21H23FN6O3. The Morgan fingerprint density at radius 2 is 2.00 bits per heavy atom. The molecule has 1 aliphatic heterocycles. The molecule has 1 saturated heterocycles. The first kappa shape index (κ1) is 20.7. The van der Waals surface area contributed by atoms with Gasteiger partial charge in [-0.1, -0.05) is 12.8 Å². The number of likely N-dealkylation sites (tertiary alicyclic amines) is 1. The number of rotatable bonds is 6. The number of carboxylic acid groups (broad SMARTS) is 1. The fraction of sp³-hybridized carbons (Fsp3) is 0.429. The average molecular weight is 426 g/mol. The smallest absolute Gasteiger partial charge is 0.407 e. The normalized spacial score (nSPS) is 23.2. The van der Waals surface area contributed by atoms with Gasteiger partial charge in [0.2, 0.25) is 0 Å². The number of nitrogens with one attached hydrogen (secondary N) is 1. The summed E-state index contributed by atoms with van der Waals surface area (Å²) in [5.41, 5.74) is 6.19. The Labute approximate surface area is 178 Å². The van der Waals surface area contributed by atoms with Crippen LogP contribution in [0.1, 0.15) is 42.1 Å². The molecule has 1 aromatic heterocycles. The van der Waals surface area contributed by atoms with E-state index >= 15 is 0 Å². The minimum Gasteiger partial charge on any atom is -0.465 e. The van der Waals surface area contributed by atoms with Crippen LogP contribution in [-0.4, -0.2) is 44.4 Å². The van der Waals surface area contributed by atoms with E-state index in [4.69, 9.17) is 5.73 Å². The maximum Gasteiger partial charge on any atom is 0.407 e.